The van der Waals surface area contributed by atoms with Crippen LogP contribution >= 0.6 is 15.9 Å². The van der Waals surface area contributed by atoms with Crippen LogP contribution in [0, 0.1) is 5.82 Å². The molecular weight excluding hydrogens is 313 g/mol. The number of halogens is 2. The highest BCUT2D eigenvalue weighted by atomic mass is 79.9. The Balaban J connectivity index is 1.96. The maximum absolute atomic E-state index is 13.7. The van der Waals surface area contributed by atoms with Crippen LogP contribution in [0.1, 0.15) is 17.7 Å². The Bertz CT molecular complexity index is 699. The summed E-state index contributed by atoms with van der Waals surface area (Å²) in [5, 5.41) is 2.81. The van der Waals surface area contributed by atoms with Gasteiger partial charge in [-0.05, 0) is 37.5 Å². The van der Waals surface area contributed by atoms with E-state index in [9.17, 15) is 9.18 Å². The van der Waals surface area contributed by atoms with E-state index in [1.165, 1.54) is 6.07 Å². The first kappa shape index (κ1) is 12.3. The Morgan fingerprint density at radius 1 is 1.37 bits per heavy atom. The van der Waals surface area contributed by atoms with Crippen LogP contribution in [0.25, 0.3) is 0 Å². The molecule has 19 heavy (non-hydrogen) atoms. The largest absolute Gasteiger partial charge is 0.323 e. The lowest BCUT2D eigenvalue weighted by Gasteiger charge is -2.08. The number of fused-ring (bicyclic) bond motifs is 1. The van der Waals surface area contributed by atoms with Crippen molar-refractivity contribution in [3.8, 4) is 0 Å². The van der Waals surface area contributed by atoms with Gasteiger partial charge in [0.05, 0.1) is 11.4 Å². The number of nitrogens with one attached hydrogen (secondary N) is 2. The average Bonchev–Trinajstić information content (AvgIpc) is 2.81. The number of anilines is 2. The summed E-state index contributed by atoms with van der Waals surface area (Å²) in [4.78, 5) is 18.8. The van der Waals surface area contributed by atoms with Gasteiger partial charge in [-0.1, -0.05) is 15.9 Å². The van der Waals surface area contributed by atoms with Gasteiger partial charge in [0.1, 0.15) is 5.82 Å². The first-order valence-corrected chi connectivity index (χ1v) is 6.77. The van der Waals surface area contributed by atoms with Crippen molar-refractivity contribution in [3.63, 3.8) is 0 Å². The molecule has 1 aromatic carbocycles. The Hall–Kier alpha value is -1.69. The summed E-state index contributed by atoms with van der Waals surface area (Å²) in [6.07, 6.45) is 2.52. The number of rotatable bonds is 2. The second-order valence-electron chi connectivity index (χ2n) is 4.44. The molecule has 98 valence electrons. The molecule has 0 spiro atoms. The molecule has 0 saturated carbocycles. The minimum absolute atomic E-state index is 0.137. The van der Waals surface area contributed by atoms with E-state index in [-0.39, 0.29) is 17.2 Å². The summed E-state index contributed by atoms with van der Waals surface area (Å²) in [6, 6.07) is 4.66. The van der Waals surface area contributed by atoms with Gasteiger partial charge in [-0.25, -0.2) is 9.37 Å². The smallest absolute Gasteiger partial charge is 0.255 e. The highest BCUT2D eigenvalue weighted by Gasteiger charge is 2.17. The highest BCUT2D eigenvalue weighted by Crippen LogP contribution is 2.22. The van der Waals surface area contributed by atoms with Crippen LogP contribution in [0.4, 0.5) is 16.0 Å². The zero-order chi connectivity index (χ0) is 13.4. The molecule has 0 amide bonds. The molecule has 1 aliphatic carbocycles. The summed E-state index contributed by atoms with van der Waals surface area (Å²) in [5.41, 5.74) is 1.71. The van der Waals surface area contributed by atoms with Gasteiger partial charge < -0.3 is 5.32 Å². The van der Waals surface area contributed by atoms with Crippen LogP contribution < -0.4 is 10.9 Å². The first-order chi connectivity index (χ1) is 9.13. The van der Waals surface area contributed by atoms with Crippen molar-refractivity contribution in [2.24, 2.45) is 0 Å². The maximum Gasteiger partial charge on any atom is 0.255 e. The molecule has 1 heterocycles. The van der Waals surface area contributed by atoms with E-state index in [1.807, 2.05) is 0 Å². The third-order valence-electron chi connectivity index (χ3n) is 3.13. The number of aromatic nitrogens is 2. The van der Waals surface area contributed by atoms with Crippen LogP contribution in [0.15, 0.2) is 27.5 Å². The Kier molecular flexibility index (Phi) is 3.10. The fourth-order valence-corrected chi connectivity index (χ4v) is 2.55. The zero-order valence-corrected chi connectivity index (χ0v) is 11.6. The molecule has 0 bridgehead atoms. The zero-order valence-electron chi connectivity index (χ0n) is 9.96. The predicted molar refractivity (Wildman–Crippen MR) is 74.3 cm³/mol. The Labute approximate surface area is 117 Å². The number of benzene rings is 1. The minimum Gasteiger partial charge on any atom is -0.323 e. The average molecular weight is 324 g/mol. The standard InChI is InChI=1S/C13H11BrFN3O/c14-7-4-5-11(9(15)6-7)17-13-16-10-3-1-2-8(10)12(19)18-13/h4-6H,1-3H2,(H2,16,17,18,19). The SMILES string of the molecule is O=c1[nH]c(Nc2ccc(Br)cc2F)nc2c1CCC2. The molecule has 0 unspecified atom stereocenters. The van der Waals surface area contributed by atoms with Crippen LogP contribution in [-0.2, 0) is 12.8 Å². The molecule has 2 aromatic rings. The van der Waals surface area contributed by atoms with E-state index in [4.69, 9.17) is 0 Å². The number of aryl methyl sites for hydroxylation is 1. The Morgan fingerprint density at radius 2 is 2.21 bits per heavy atom. The third-order valence-corrected chi connectivity index (χ3v) is 3.62. The summed E-state index contributed by atoms with van der Waals surface area (Å²) in [5.74, 6) is -0.121. The molecule has 2 N–H and O–H groups in total. The number of hydrogen-bond acceptors (Lipinski definition) is 3. The van der Waals surface area contributed by atoms with E-state index in [0.29, 0.717) is 4.47 Å². The van der Waals surface area contributed by atoms with Crippen LogP contribution in [-0.4, -0.2) is 9.97 Å². The lowest BCUT2D eigenvalue weighted by Crippen LogP contribution is -2.16. The molecular formula is C13H11BrFN3O. The van der Waals surface area contributed by atoms with Crippen LogP contribution in [0.3, 0.4) is 0 Å². The normalized spacial score (nSPS) is 13.4. The quantitative estimate of drug-likeness (QED) is 0.893. The van der Waals surface area contributed by atoms with Gasteiger partial charge in [0.25, 0.3) is 5.56 Å². The summed E-state index contributed by atoms with van der Waals surface area (Å²) < 4.78 is 14.4. The fourth-order valence-electron chi connectivity index (χ4n) is 2.22. The van der Waals surface area contributed by atoms with Gasteiger partial charge in [-0.15, -0.1) is 0 Å². The summed E-state index contributed by atoms with van der Waals surface area (Å²) in [7, 11) is 0. The van der Waals surface area contributed by atoms with E-state index >= 15 is 0 Å². The van der Waals surface area contributed by atoms with Crippen molar-refractivity contribution in [2.75, 3.05) is 5.32 Å². The molecule has 1 aliphatic rings. The molecule has 1 aromatic heterocycles. The van der Waals surface area contributed by atoms with Crippen molar-refractivity contribution >= 4 is 27.6 Å². The van der Waals surface area contributed by atoms with Crippen LogP contribution in [0.2, 0.25) is 0 Å². The molecule has 3 rings (SSSR count). The molecule has 4 nitrogen and oxygen atoms in total. The highest BCUT2D eigenvalue weighted by molar-refractivity contribution is 9.10. The molecule has 0 saturated heterocycles. The van der Waals surface area contributed by atoms with E-state index < -0.39 is 5.82 Å². The van der Waals surface area contributed by atoms with Crippen molar-refractivity contribution in [1.82, 2.24) is 9.97 Å². The Morgan fingerprint density at radius 3 is 3.00 bits per heavy atom. The van der Waals surface area contributed by atoms with Gasteiger partial charge in [-0.2, -0.15) is 0 Å². The van der Waals surface area contributed by atoms with E-state index in [2.05, 4.69) is 31.2 Å². The lowest BCUT2D eigenvalue weighted by atomic mass is 10.2. The second-order valence-corrected chi connectivity index (χ2v) is 5.36. The molecule has 0 atom stereocenters. The maximum atomic E-state index is 13.7. The first-order valence-electron chi connectivity index (χ1n) is 5.97. The monoisotopic (exact) mass is 323 g/mol. The van der Waals surface area contributed by atoms with Crippen molar-refractivity contribution in [1.29, 1.82) is 0 Å². The van der Waals surface area contributed by atoms with Gasteiger partial charge in [0.2, 0.25) is 5.95 Å². The van der Waals surface area contributed by atoms with Crippen molar-refractivity contribution < 1.29 is 4.39 Å². The predicted octanol–water partition coefficient (Wildman–Crippen LogP) is 2.90. The number of hydrogen-bond donors (Lipinski definition) is 2. The van der Waals surface area contributed by atoms with Gasteiger partial charge in [0, 0.05) is 10.0 Å². The van der Waals surface area contributed by atoms with Crippen LogP contribution in [0.5, 0.6) is 0 Å². The van der Waals surface area contributed by atoms with Crippen molar-refractivity contribution in [2.45, 2.75) is 19.3 Å². The number of aromatic amines is 1. The van der Waals surface area contributed by atoms with Gasteiger partial charge in [0.15, 0.2) is 0 Å². The van der Waals surface area contributed by atoms with Crippen molar-refractivity contribution in [3.05, 3.63) is 50.1 Å². The topological polar surface area (TPSA) is 57.8 Å². The fraction of sp³-hybridized carbons (Fsp3) is 0.231. The second kappa shape index (κ2) is 4.77. The third kappa shape index (κ3) is 2.40. The van der Waals surface area contributed by atoms with E-state index in [1.54, 1.807) is 12.1 Å². The molecule has 6 heteroatoms. The number of nitrogens with zero attached hydrogens (tertiary/aromatic N) is 1. The van der Waals surface area contributed by atoms with E-state index in [0.717, 1.165) is 30.5 Å². The van der Waals surface area contributed by atoms with Gasteiger partial charge in [-0.3, -0.25) is 9.78 Å². The summed E-state index contributed by atoms with van der Waals surface area (Å²) >= 11 is 3.19. The summed E-state index contributed by atoms with van der Waals surface area (Å²) in [6.45, 7) is 0. The minimum atomic E-state index is -0.405. The van der Waals surface area contributed by atoms with Gasteiger partial charge >= 0.3 is 0 Å². The number of H-pyrrole nitrogens is 1. The lowest BCUT2D eigenvalue weighted by molar-refractivity contribution is 0.630. The molecule has 0 fully saturated rings. The molecule has 0 radical (unpaired) electrons. The molecule has 0 aliphatic heterocycles.